The summed E-state index contributed by atoms with van der Waals surface area (Å²) in [4.78, 5) is 38.6. The molecule has 3 aromatic carbocycles. The molecule has 0 radical (unpaired) electrons. The number of cyclic esters (lactones) is 2. The highest BCUT2D eigenvalue weighted by Crippen LogP contribution is 2.39. The Morgan fingerprint density at radius 2 is 1.55 bits per heavy atom. The summed E-state index contributed by atoms with van der Waals surface area (Å²) in [6.45, 7) is 3.69. The molecule has 1 saturated heterocycles. The molecule has 9 heteroatoms. The second kappa shape index (κ2) is 13.9. The zero-order valence-electron chi connectivity index (χ0n) is 23.9. The first-order chi connectivity index (χ1) is 20.2. The highest BCUT2D eigenvalue weighted by Gasteiger charge is 2.56. The molecule has 0 atom stereocenters. The molecule has 0 amide bonds. The van der Waals surface area contributed by atoms with E-state index in [1.807, 2.05) is 66.7 Å². The van der Waals surface area contributed by atoms with Gasteiger partial charge in [0.2, 0.25) is 0 Å². The third kappa shape index (κ3) is 7.58. The SMILES string of the molecule is CC1(C)OC(=O)C(CCC(=O)OCCCCCCOc2ccc3ccccc3c2C#[N+][O-])(Cc2ccccc2)C(=O)O1. The van der Waals surface area contributed by atoms with Crippen LogP contribution >= 0.6 is 0 Å². The maximum absolute atomic E-state index is 13.0. The molecule has 4 rings (SSSR count). The molecule has 1 fully saturated rings. The Bertz CT molecular complexity index is 1450. The minimum Gasteiger partial charge on any atom is -0.498 e. The number of rotatable bonds is 13. The molecule has 3 aromatic rings. The van der Waals surface area contributed by atoms with Gasteiger partial charge in [-0.3, -0.25) is 14.4 Å². The molecule has 1 aliphatic rings. The van der Waals surface area contributed by atoms with Crippen molar-refractivity contribution >= 4 is 28.7 Å². The predicted octanol–water partition coefficient (Wildman–Crippen LogP) is 6.35. The average Bonchev–Trinajstić information content (AvgIpc) is 2.96. The zero-order chi connectivity index (χ0) is 30.0. The number of unbranched alkanes of at least 4 members (excludes halogenated alkanes) is 3. The van der Waals surface area contributed by atoms with Gasteiger partial charge in [0.05, 0.1) is 13.2 Å². The molecule has 0 N–H and O–H groups in total. The van der Waals surface area contributed by atoms with Crippen LogP contribution in [-0.4, -0.2) is 36.9 Å². The van der Waals surface area contributed by atoms with Gasteiger partial charge in [0.15, 0.2) is 11.0 Å². The molecule has 0 bridgehead atoms. The summed E-state index contributed by atoms with van der Waals surface area (Å²) in [5, 5.41) is 15.5. The van der Waals surface area contributed by atoms with Gasteiger partial charge in [-0.25, -0.2) is 0 Å². The molecule has 0 saturated carbocycles. The largest absolute Gasteiger partial charge is 0.498 e. The van der Waals surface area contributed by atoms with E-state index in [0.717, 1.165) is 35.6 Å². The lowest BCUT2D eigenvalue weighted by atomic mass is 9.77. The maximum Gasteiger partial charge on any atom is 0.341 e. The van der Waals surface area contributed by atoms with E-state index in [-0.39, 0.29) is 25.9 Å². The molecule has 220 valence electrons. The summed E-state index contributed by atoms with van der Waals surface area (Å²) in [7, 11) is 0. The van der Waals surface area contributed by atoms with Crippen molar-refractivity contribution in [2.45, 2.75) is 64.6 Å². The van der Waals surface area contributed by atoms with Crippen molar-refractivity contribution in [3.63, 3.8) is 0 Å². The standard InChI is InChI=1S/C33H35NO8/c1-32(2)41-30(36)33(31(37)42-32,22-24-12-6-5-7-13-24)19-18-29(35)40-21-11-4-3-10-20-39-28-17-16-25-14-8-9-15-26(25)27(28)23-34-38/h5-9,12-17H,3-4,10-11,18-22H2,1-2H3. The van der Waals surface area contributed by atoms with Gasteiger partial charge in [-0.15, -0.1) is 0 Å². The van der Waals surface area contributed by atoms with Crippen molar-refractivity contribution < 1.29 is 33.3 Å². The first-order valence-electron chi connectivity index (χ1n) is 14.1. The summed E-state index contributed by atoms with van der Waals surface area (Å²) in [5.74, 6) is -2.69. The number of hydrogen-bond donors (Lipinski definition) is 0. The first kappa shape index (κ1) is 30.4. The van der Waals surface area contributed by atoms with Crippen LogP contribution in [0.1, 0.15) is 63.5 Å². The highest BCUT2D eigenvalue weighted by atomic mass is 16.7. The molecule has 0 aromatic heterocycles. The summed E-state index contributed by atoms with van der Waals surface area (Å²) < 4.78 is 22.1. The van der Waals surface area contributed by atoms with Crippen LogP contribution in [0, 0.1) is 16.7 Å². The van der Waals surface area contributed by atoms with Crippen molar-refractivity contribution in [2.75, 3.05) is 13.2 Å². The topological polar surface area (TPSA) is 116 Å². The quantitative estimate of drug-likeness (QED) is 0.101. The number of carbonyl (C=O) groups is 3. The van der Waals surface area contributed by atoms with Crippen LogP contribution in [0.3, 0.4) is 0 Å². The smallest absolute Gasteiger partial charge is 0.341 e. The monoisotopic (exact) mass is 573 g/mol. The van der Waals surface area contributed by atoms with Crippen molar-refractivity contribution in [3.05, 3.63) is 88.1 Å². The number of fused-ring (bicyclic) bond motifs is 1. The lowest BCUT2D eigenvalue weighted by Crippen LogP contribution is -2.55. The van der Waals surface area contributed by atoms with Gasteiger partial charge in [0.1, 0.15) is 5.75 Å². The van der Waals surface area contributed by atoms with Gasteiger partial charge in [-0.1, -0.05) is 60.7 Å². The summed E-state index contributed by atoms with van der Waals surface area (Å²) in [6.07, 6.45) is 2.99. The number of benzene rings is 3. The van der Waals surface area contributed by atoms with Crippen LogP contribution in [0.15, 0.2) is 66.7 Å². The van der Waals surface area contributed by atoms with E-state index in [0.29, 0.717) is 24.3 Å². The van der Waals surface area contributed by atoms with E-state index in [2.05, 4.69) is 11.1 Å². The Labute approximate surface area is 245 Å². The number of carbonyl (C=O) groups excluding carboxylic acids is 3. The first-order valence-corrected chi connectivity index (χ1v) is 14.1. The van der Waals surface area contributed by atoms with Gasteiger partial charge >= 0.3 is 24.0 Å². The fraction of sp³-hybridized carbons (Fsp3) is 0.394. The molecule has 1 heterocycles. The number of esters is 3. The molecule has 0 spiro atoms. The zero-order valence-corrected chi connectivity index (χ0v) is 23.9. The molecule has 0 unspecified atom stereocenters. The average molecular weight is 574 g/mol. The van der Waals surface area contributed by atoms with Crippen molar-refractivity contribution in [1.82, 2.24) is 0 Å². The van der Waals surface area contributed by atoms with Crippen LogP contribution in [0.5, 0.6) is 5.75 Å². The minimum absolute atomic E-state index is 0.0688. The van der Waals surface area contributed by atoms with E-state index in [9.17, 15) is 19.6 Å². The van der Waals surface area contributed by atoms with Crippen molar-refractivity contribution in [1.29, 1.82) is 0 Å². The summed E-state index contributed by atoms with van der Waals surface area (Å²) in [5.41, 5.74) is -0.311. The molecule has 9 nitrogen and oxygen atoms in total. The number of nitrogens with zero attached hydrogens (tertiary/aromatic N) is 1. The summed E-state index contributed by atoms with van der Waals surface area (Å²) in [6, 6.07) is 23.0. The minimum atomic E-state index is -1.61. The van der Waals surface area contributed by atoms with Gasteiger partial charge in [0.25, 0.3) is 5.79 Å². The van der Waals surface area contributed by atoms with Crippen molar-refractivity contribution in [2.24, 2.45) is 5.41 Å². The van der Waals surface area contributed by atoms with Crippen molar-refractivity contribution in [3.8, 4) is 11.8 Å². The van der Waals surface area contributed by atoms with Gasteiger partial charge in [0, 0.05) is 30.7 Å². The van der Waals surface area contributed by atoms with Crippen LogP contribution in [0.2, 0.25) is 0 Å². The second-order valence-electron chi connectivity index (χ2n) is 10.8. The Balaban J connectivity index is 1.19. The highest BCUT2D eigenvalue weighted by molar-refractivity contribution is 6.02. The number of hydrogen-bond acceptors (Lipinski definition) is 8. The van der Waals surface area contributed by atoms with Gasteiger partial charge in [-0.05, 0) is 55.5 Å². The maximum atomic E-state index is 13.0. The van der Waals surface area contributed by atoms with E-state index < -0.39 is 29.1 Å². The van der Waals surface area contributed by atoms with Gasteiger partial charge in [-0.2, -0.15) is 0 Å². The molecule has 0 aliphatic carbocycles. The van der Waals surface area contributed by atoms with E-state index in [1.165, 1.54) is 13.8 Å². The molecular weight excluding hydrogens is 538 g/mol. The fourth-order valence-electron chi connectivity index (χ4n) is 4.97. The Kier molecular flexibility index (Phi) is 10.0. The predicted molar refractivity (Wildman–Crippen MR) is 157 cm³/mol. The third-order valence-electron chi connectivity index (χ3n) is 7.17. The van der Waals surface area contributed by atoms with E-state index in [1.54, 1.807) is 0 Å². The van der Waals surface area contributed by atoms with Crippen LogP contribution < -0.4 is 4.74 Å². The molecule has 42 heavy (non-hydrogen) atoms. The van der Waals surface area contributed by atoms with Crippen LogP contribution in [0.4, 0.5) is 0 Å². The molecular formula is C33H35NO8. The van der Waals surface area contributed by atoms with Crippen LogP contribution in [-0.2, 0) is 35.0 Å². The Morgan fingerprint density at radius 3 is 2.26 bits per heavy atom. The van der Waals surface area contributed by atoms with E-state index >= 15 is 0 Å². The van der Waals surface area contributed by atoms with Gasteiger partial charge < -0.3 is 24.2 Å². The fourth-order valence-corrected chi connectivity index (χ4v) is 4.97. The van der Waals surface area contributed by atoms with Crippen LogP contribution in [0.25, 0.3) is 15.8 Å². The second-order valence-corrected chi connectivity index (χ2v) is 10.8. The lowest BCUT2D eigenvalue weighted by Gasteiger charge is -2.40. The third-order valence-corrected chi connectivity index (χ3v) is 7.17. The van der Waals surface area contributed by atoms with E-state index in [4.69, 9.17) is 18.9 Å². The Hall–Kier alpha value is -4.58. The normalized spacial score (nSPS) is 15.2. The lowest BCUT2D eigenvalue weighted by molar-refractivity contribution is -0.251. The summed E-state index contributed by atoms with van der Waals surface area (Å²) >= 11 is 0. The molecule has 1 aliphatic heterocycles. The Morgan fingerprint density at radius 1 is 0.881 bits per heavy atom. The number of ether oxygens (including phenoxy) is 4.